The van der Waals surface area contributed by atoms with Gasteiger partial charge in [0.1, 0.15) is 11.4 Å². The highest BCUT2D eigenvalue weighted by atomic mass is 35.5. The first kappa shape index (κ1) is 52.3. The summed E-state index contributed by atoms with van der Waals surface area (Å²) in [5.41, 5.74) is 2.78. The van der Waals surface area contributed by atoms with Crippen molar-refractivity contribution in [3.05, 3.63) is 129 Å². The first-order chi connectivity index (χ1) is 32.4. The second kappa shape index (κ2) is 24.3. The van der Waals surface area contributed by atoms with Crippen LogP contribution in [-0.2, 0) is 19.2 Å². The van der Waals surface area contributed by atoms with Gasteiger partial charge in [0.25, 0.3) is 23.6 Å². The van der Waals surface area contributed by atoms with Gasteiger partial charge in [0.05, 0.1) is 56.5 Å². The molecule has 0 saturated heterocycles. The molecule has 5 aromatic carbocycles. The second-order valence-corrected chi connectivity index (χ2v) is 16.9. The number of ketones is 2. The Bertz CT molecular complexity index is 2600. The summed E-state index contributed by atoms with van der Waals surface area (Å²) in [7, 11) is 0. The number of alkyl halides is 2. The fourth-order valence-corrected chi connectivity index (χ4v) is 7.05. The van der Waals surface area contributed by atoms with E-state index in [-0.39, 0.29) is 79.4 Å². The number of carbonyl (C=O) groups is 6. The van der Waals surface area contributed by atoms with Gasteiger partial charge in [0, 0.05) is 11.4 Å². The van der Waals surface area contributed by atoms with Gasteiger partial charge < -0.3 is 30.7 Å². The second-order valence-electron chi connectivity index (χ2n) is 14.8. The number of nitrogens with one attached hydrogen (secondary N) is 4. The lowest BCUT2D eigenvalue weighted by Crippen LogP contribution is -2.32. The summed E-state index contributed by atoms with van der Waals surface area (Å²) < 4.78 is 11.8. The molecule has 0 spiro atoms. The molecule has 0 fully saturated rings. The van der Waals surface area contributed by atoms with E-state index in [0.717, 1.165) is 25.0 Å². The molecule has 16 nitrogen and oxygen atoms in total. The molecular formula is C48H46Cl4N8O8. The zero-order chi connectivity index (χ0) is 49.7. The van der Waals surface area contributed by atoms with Crippen LogP contribution in [0.2, 0.25) is 10.0 Å². The number of ether oxygens (including phenoxy) is 2. The molecule has 5 rings (SSSR count). The number of azo groups is 2. The molecular weight excluding hydrogens is 958 g/mol. The molecule has 0 radical (unpaired) electrons. The van der Waals surface area contributed by atoms with E-state index in [1.165, 1.54) is 48.5 Å². The zero-order valence-corrected chi connectivity index (χ0v) is 40.6. The van der Waals surface area contributed by atoms with Gasteiger partial charge in [-0.2, -0.15) is 20.5 Å². The Labute approximate surface area is 412 Å². The minimum atomic E-state index is -1.68. The average molecular weight is 1000 g/mol. The molecule has 4 N–H and O–H groups in total. The highest BCUT2D eigenvalue weighted by Crippen LogP contribution is 2.42. The number of anilines is 4. The van der Waals surface area contributed by atoms with Crippen molar-refractivity contribution >= 4 is 116 Å². The van der Waals surface area contributed by atoms with E-state index < -0.39 is 47.3 Å². The third kappa shape index (κ3) is 13.5. The minimum Gasteiger partial charge on any atom is -0.488 e. The van der Waals surface area contributed by atoms with Crippen LogP contribution in [0.3, 0.4) is 0 Å². The first-order valence-corrected chi connectivity index (χ1v) is 22.6. The molecule has 0 heterocycles. The molecule has 0 bridgehead atoms. The molecule has 0 aliphatic heterocycles. The van der Waals surface area contributed by atoms with E-state index in [1.54, 1.807) is 64.1 Å². The topological polar surface area (TPSA) is 218 Å². The Morgan fingerprint density at radius 2 is 0.912 bits per heavy atom. The Hall–Kier alpha value is -6.72. The fourth-order valence-electron chi connectivity index (χ4n) is 6.28. The Morgan fingerprint density at radius 3 is 1.25 bits per heavy atom. The predicted octanol–water partition coefficient (Wildman–Crippen LogP) is 12.3. The molecule has 5 aromatic rings. The van der Waals surface area contributed by atoms with Gasteiger partial charge in [-0.25, -0.2) is 0 Å². The van der Waals surface area contributed by atoms with Crippen LogP contribution in [0.1, 0.15) is 84.1 Å². The van der Waals surface area contributed by atoms with Gasteiger partial charge >= 0.3 is 0 Å². The Morgan fingerprint density at radius 1 is 0.544 bits per heavy atom. The minimum absolute atomic E-state index is 0.0120. The summed E-state index contributed by atoms with van der Waals surface area (Å²) in [5, 5.41) is 26.2. The van der Waals surface area contributed by atoms with Crippen molar-refractivity contribution in [2.75, 3.05) is 34.5 Å². The lowest BCUT2D eigenvalue weighted by molar-refractivity contribution is -0.127. The zero-order valence-electron chi connectivity index (χ0n) is 37.5. The molecule has 354 valence electrons. The number of rotatable bonds is 20. The lowest BCUT2D eigenvalue weighted by Gasteiger charge is -2.20. The summed E-state index contributed by atoms with van der Waals surface area (Å²) >= 11 is 25.6. The number of hydrogen-bond donors (Lipinski definition) is 4. The van der Waals surface area contributed by atoms with Crippen LogP contribution in [0.25, 0.3) is 0 Å². The standard InChI is InChI=1S/C48H46Cl4N8O8/c1-7-67-43-37(55-47(65)41(27(5)61)59-57-35-19-11-17-33(39(35)51)45(63)53-31-15-9-13-29(23-31)25(3)49)21-22-38(44(43)68-8-2)56-48(66)42(28(6)62)60-58-36-20-12-18-34(40(36)52)46(64)54-32-16-10-14-30(24-32)26(4)50/h9-26,41-42H,7-8H2,1-6H3,(H,53,63)(H,54,64)(H,55,65)(H,56,66). The largest absolute Gasteiger partial charge is 0.488 e. The SMILES string of the molecule is CCOc1c(NC(=O)C(N=Nc2cccc(C(=O)Nc3cccc(C(C)Cl)c3)c2Cl)C(C)=O)ccc(NC(=O)C(N=Nc2cccc(C(=O)Nc3cccc(C(C)Cl)c3)c2Cl)C(C)=O)c1OCC. The monoisotopic (exact) mass is 1000 g/mol. The van der Waals surface area contributed by atoms with Gasteiger partial charge in [-0.15, -0.1) is 23.2 Å². The maximum Gasteiger partial charge on any atom is 0.258 e. The van der Waals surface area contributed by atoms with Gasteiger partial charge in [-0.1, -0.05) is 59.6 Å². The molecule has 4 atom stereocenters. The van der Waals surface area contributed by atoms with E-state index in [2.05, 4.69) is 41.7 Å². The number of nitrogens with zero attached hydrogens (tertiary/aromatic N) is 4. The summed E-state index contributed by atoms with van der Waals surface area (Å²) in [6.45, 7) is 9.37. The van der Waals surface area contributed by atoms with Gasteiger partial charge in [-0.3, -0.25) is 28.8 Å². The number of halogens is 4. The van der Waals surface area contributed by atoms with Crippen molar-refractivity contribution in [2.45, 2.75) is 64.4 Å². The van der Waals surface area contributed by atoms with Crippen LogP contribution in [0.15, 0.2) is 118 Å². The third-order valence-corrected chi connectivity index (χ3v) is 11.0. The molecule has 0 aliphatic carbocycles. The molecule has 20 heteroatoms. The van der Waals surface area contributed by atoms with Gasteiger partial charge in [-0.05, 0) is 113 Å². The smallest absolute Gasteiger partial charge is 0.258 e. The summed E-state index contributed by atoms with van der Waals surface area (Å²) in [5.74, 6) is -4.33. The molecule has 4 unspecified atom stereocenters. The van der Waals surface area contributed by atoms with Crippen LogP contribution >= 0.6 is 46.4 Å². The molecule has 0 aliphatic rings. The van der Waals surface area contributed by atoms with E-state index >= 15 is 0 Å². The van der Waals surface area contributed by atoms with Crippen molar-refractivity contribution in [2.24, 2.45) is 20.5 Å². The third-order valence-electron chi connectivity index (χ3n) is 9.69. The van der Waals surface area contributed by atoms with Gasteiger partial charge in [0.2, 0.25) is 12.1 Å². The number of hydrogen-bond acceptors (Lipinski definition) is 12. The predicted molar refractivity (Wildman–Crippen MR) is 264 cm³/mol. The van der Waals surface area contributed by atoms with Crippen LogP contribution in [0, 0.1) is 0 Å². The molecule has 0 aromatic heterocycles. The summed E-state index contributed by atoms with van der Waals surface area (Å²) in [4.78, 5) is 79.5. The normalized spacial score (nSPS) is 13.0. The lowest BCUT2D eigenvalue weighted by atomic mass is 10.1. The molecule has 4 amide bonds. The number of Topliss-reactive ketones (excluding diaryl/α,β-unsaturated/α-hetero) is 2. The Kier molecular flexibility index (Phi) is 18.7. The highest BCUT2D eigenvalue weighted by molar-refractivity contribution is 6.37. The van der Waals surface area contributed by atoms with Gasteiger partial charge in [0.15, 0.2) is 23.1 Å². The molecule has 0 saturated carbocycles. The molecule has 68 heavy (non-hydrogen) atoms. The number of carbonyl (C=O) groups excluding carboxylic acids is 6. The van der Waals surface area contributed by atoms with Crippen LogP contribution < -0.4 is 30.7 Å². The van der Waals surface area contributed by atoms with Crippen molar-refractivity contribution in [3.63, 3.8) is 0 Å². The maximum absolute atomic E-state index is 13.7. The van der Waals surface area contributed by atoms with Crippen LogP contribution in [0.5, 0.6) is 11.5 Å². The number of benzene rings is 5. The van der Waals surface area contributed by atoms with E-state index in [1.807, 2.05) is 12.1 Å². The van der Waals surface area contributed by atoms with E-state index in [4.69, 9.17) is 55.9 Å². The number of amides is 4. The first-order valence-electron chi connectivity index (χ1n) is 21.0. The van der Waals surface area contributed by atoms with E-state index in [0.29, 0.717) is 11.4 Å². The summed E-state index contributed by atoms with van der Waals surface area (Å²) in [6, 6.07) is 22.3. The summed E-state index contributed by atoms with van der Waals surface area (Å²) in [6.07, 6.45) is 0. The van der Waals surface area contributed by atoms with Crippen molar-refractivity contribution in [3.8, 4) is 11.5 Å². The highest BCUT2D eigenvalue weighted by Gasteiger charge is 2.29. The van der Waals surface area contributed by atoms with Crippen molar-refractivity contribution < 1.29 is 38.2 Å². The van der Waals surface area contributed by atoms with E-state index in [9.17, 15) is 28.8 Å². The quantitative estimate of drug-likeness (QED) is 0.0333. The maximum atomic E-state index is 13.7. The van der Waals surface area contributed by atoms with Crippen LogP contribution in [0.4, 0.5) is 34.1 Å². The fraction of sp³-hybridized carbons (Fsp3) is 0.250. The Balaban J connectivity index is 1.34. The van der Waals surface area contributed by atoms with Crippen LogP contribution in [-0.4, -0.2) is 60.5 Å². The average Bonchev–Trinajstić information content (AvgIpc) is 3.29. The van der Waals surface area contributed by atoms with Crippen molar-refractivity contribution in [1.29, 1.82) is 0 Å². The van der Waals surface area contributed by atoms with Crippen molar-refractivity contribution in [1.82, 2.24) is 0 Å².